The van der Waals surface area contributed by atoms with Crippen LogP contribution in [0.3, 0.4) is 0 Å². The van der Waals surface area contributed by atoms with Gasteiger partial charge < -0.3 is 19.3 Å². The summed E-state index contributed by atoms with van der Waals surface area (Å²) in [5.74, 6) is 0.328. The van der Waals surface area contributed by atoms with Crippen molar-refractivity contribution in [1.29, 1.82) is 5.26 Å². The van der Waals surface area contributed by atoms with Gasteiger partial charge in [0, 0.05) is 36.1 Å². The average molecular weight is 473 g/mol. The number of aromatic nitrogens is 2. The molecule has 1 fully saturated rings. The number of rotatable bonds is 3. The molecule has 0 atom stereocenters. The number of halogens is 1. The molecule has 1 saturated heterocycles. The summed E-state index contributed by atoms with van der Waals surface area (Å²) < 4.78 is 6.98. The SMILES string of the molecule is Cn1c(=O)c(-c2cc(-c3ccc(Cl)cc3)c(C#N)c(N3CCOCC3)n2)c(O)c2ccccc21. The van der Waals surface area contributed by atoms with Crippen molar-refractivity contribution < 1.29 is 9.84 Å². The molecule has 1 N–H and O–H groups in total. The lowest BCUT2D eigenvalue weighted by molar-refractivity contribution is 0.122. The number of hydrogen-bond donors (Lipinski definition) is 1. The maximum Gasteiger partial charge on any atom is 0.264 e. The van der Waals surface area contributed by atoms with E-state index in [9.17, 15) is 15.2 Å². The first-order valence-electron chi connectivity index (χ1n) is 10.8. The van der Waals surface area contributed by atoms with E-state index in [0.29, 0.717) is 64.9 Å². The molecule has 2 aromatic carbocycles. The van der Waals surface area contributed by atoms with E-state index in [1.807, 2.05) is 23.1 Å². The van der Waals surface area contributed by atoms with Gasteiger partial charge in [-0.05, 0) is 35.9 Å². The minimum atomic E-state index is -0.372. The number of nitriles is 1. The molecule has 0 spiro atoms. The van der Waals surface area contributed by atoms with Gasteiger partial charge in [0.05, 0.1) is 24.4 Å². The molecule has 0 aliphatic carbocycles. The zero-order valence-electron chi connectivity index (χ0n) is 18.5. The lowest BCUT2D eigenvalue weighted by atomic mass is 9.97. The van der Waals surface area contributed by atoms with E-state index >= 15 is 0 Å². The summed E-state index contributed by atoms with van der Waals surface area (Å²) in [7, 11) is 1.67. The minimum Gasteiger partial charge on any atom is -0.506 e. The summed E-state index contributed by atoms with van der Waals surface area (Å²) in [6, 6.07) is 18.3. The van der Waals surface area contributed by atoms with Gasteiger partial charge >= 0.3 is 0 Å². The smallest absolute Gasteiger partial charge is 0.264 e. The van der Waals surface area contributed by atoms with Crippen LogP contribution in [0, 0.1) is 11.3 Å². The van der Waals surface area contributed by atoms with Gasteiger partial charge in [-0.15, -0.1) is 0 Å². The highest BCUT2D eigenvalue weighted by Gasteiger charge is 2.25. The van der Waals surface area contributed by atoms with Gasteiger partial charge in [0.25, 0.3) is 5.56 Å². The predicted molar refractivity (Wildman–Crippen MR) is 132 cm³/mol. The van der Waals surface area contributed by atoms with Gasteiger partial charge in [-0.25, -0.2) is 4.98 Å². The van der Waals surface area contributed by atoms with Crippen LogP contribution < -0.4 is 10.5 Å². The molecule has 3 heterocycles. The van der Waals surface area contributed by atoms with Crippen LogP contribution in [-0.4, -0.2) is 41.0 Å². The standard InChI is InChI=1S/C26H21ClN4O3/c1-30-22-5-3-2-4-18(22)24(32)23(26(30)33)21-14-19(16-6-8-17(27)9-7-16)20(15-28)25(29-21)31-10-12-34-13-11-31/h2-9,14,32H,10-13H2,1H3. The molecule has 0 saturated carbocycles. The lowest BCUT2D eigenvalue weighted by Crippen LogP contribution is -2.37. The second kappa shape index (κ2) is 8.82. The zero-order chi connectivity index (χ0) is 23.8. The van der Waals surface area contributed by atoms with E-state index < -0.39 is 0 Å². The number of aryl methyl sites for hydroxylation is 1. The van der Waals surface area contributed by atoms with Crippen LogP contribution >= 0.6 is 11.6 Å². The molecule has 8 heteroatoms. The third-order valence-electron chi connectivity index (χ3n) is 6.11. The Balaban J connectivity index is 1.84. The molecule has 0 bridgehead atoms. The van der Waals surface area contributed by atoms with Gasteiger partial charge in [-0.1, -0.05) is 35.9 Å². The molecule has 0 radical (unpaired) electrons. The highest BCUT2D eigenvalue weighted by atomic mass is 35.5. The molecular weight excluding hydrogens is 452 g/mol. The van der Waals surface area contributed by atoms with Crippen LogP contribution in [0.15, 0.2) is 59.4 Å². The molecule has 0 amide bonds. The number of aromatic hydroxyl groups is 1. The van der Waals surface area contributed by atoms with Crippen LogP contribution in [0.25, 0.3) is 33.3 Å². The summed E-state index contributed by atoms with van der Waals surface area (Å²) in [5.41, 5.74) is 2.41. The second-order valence-corrected chi connectivity index (χ2v) is 8.51. The molecule has 1 aliphatic rings. The Morgan fingerprint density at radius 3 is 2.53 bits per heavy atom. The van der Waals surface area contributed by atoms with Crippen LogP contribution in [-0.2, 0) is 11.8 Å². The Kier molecular flexibility index (Phi) is 5.70. The van der Waals surface area contributed by atoms with Crippen LogP contribution in [0.2, 0.25) is 5.02 Å². The van der Waals surface area contributed by atoms with Crippen molar-refractivity contribution in [2.45, 2.75) is 0 Å². The number of anilines is 1. The molecule has 5 rings (SSSR count). The zero-order valence-corrected chi connectivity index (χ0v) is 19.2. The fraction of sp³-hybridized carbons (Fsp3) is 0.192. The van der Waals surface area contributed by atoms with Crippen molar-refractivity contribution in [2.24, 2.45) is 7.05 Å². The summed E-state index contributed by atoms with van der Waals surface area (Å²) in [4.78, 5) is 20.1. The van der Waals surface area contributed by atoms with Gasteiger partial charge in [0.1, 0.15) is 28.8 Å². The second-order valence-electron chi connectivity index (χ2n) is 8.08. The lowest BCUT2D eigenvalue weighted by Gasteiger charge is -2.29. The van der Waals surface area contributed by atoms with Crippen LogP contribution in [0.4, 0.5) is 5.82 Å². The third kappa shape index (κ3) is 3.67. The summed E-state index contributed by atoms with van der Waals surface area (Å²) >= 11 is 6.09. The molecule has 0 unspecified atom stereocenters. The van der Waals surface area contributed by atoms with Gasteiger partial charge in [-0.3, -0.25) is 4.79 Å². The van der Waals surface area contributed by atoms with E-state index in [-0.39, 0.29) is 16.9 Å². The molecule has 34 heavy (non-hydrogen) atoms. The van der Waals surface area contributed by atoms with Crippen molar-refractivity contribution in [3.8, 4) is 34.2 Å². The molecule has 2 aromatic heterocycles. The Labute approximate surface area is 201 Å². The first-order chi connectivity index (χ1) is 16.5. The highest BCUT2D eigenvalue weighted by molar-refractivity contribution is 6.30. The minimum absolute atomic E-state index is 0.0930. The summed E-state index contributed by atoms with van der Waals surface area (Å²) in [6.45, 7) is 2.14. The van der Waals surface area contributed by atoms with Gasteiger partial charge in [0.2, 0.25) is 0 Å². The number of nitrogens with zero attached hydrogens (tertiary/aromatic N) is 4. The summed E-state index contributed by atoms with van der Waals surface area (Å²) in [6.07, 6.45) is 0. The molecule has 170 valence electrons. The number of ether oxygens (including phenoxy) is 1. The first-order valence-corrected chi connectivity index (χ1v) is 11.2. The number of morpholine rings is 1. The van der Waals surface area contributed by atoms with E-state index in [4.69, 9.17) is 21.3 Å². The normalized spacial score (nSPS) is 13.7. The highest BCUT2D eigenvalue weighted by Crippen LogP contribution is 2.38. The third-order valence-corrected chi connectivity index (χ3v) is 6.36. The number of pyridine rings is 2. The van der Waals surface area contributed by atoms with E-state index in [1.54, 1.807) is 43.4 Å². The van der Waals surface area contributed by atoms with Crippen molar-refractivity contribution in [1.82, 2.24) is 9.55 Å². The van der Waals surface area contributed by atoms with Gasteiger partial charge in [-0.2, -0.15) is 5.26 Å². The van der Waals surface area contributed by atoms with E-state index in [1.165, 1.54) is 4.57 Å². The number of para-hydroxylation sites is 1. The quantitative estimate of drug-likeness (QED) is 0.477. The average Bonchev–Trinajstić information content (AvgIpc) is 2.88. The van der Waals surface area contributed by atoms with E-state index in [2.05, 4.69) is 6.07 Å². The molecular formula is C26H21ClN4O3. The fourth-order valence-corrected chi connectivity index (χ4v) is 4.47. The topological polar surface area (TPSA) is 91.4 Å². The van der Waals surface area contributed by atoms with Crippen molar-refractivity contribution >= 4 is 28.3 Å². The van der Waals surface area contributed by atoms with Gasteiger partial charge in [0.15, 0.2) is 0 Å². The Morgan fingerprint density at radius 2 is 1.82 bits per heavy atom. The first kappa shape index (κ1) is 22.0. The summed E-state index contributed by atoms with van der Waals surface area (Å²) in [5, 5.41) is 22.4. The van der Waals surface area contributed by atoms with Crippen molar-refractivity contribution in [3.63, 3.8) is 0 Å². The predicted octanol–water partition coefficient (Wildman–Crippen LogP) is 4.33. The number of fused-ring (bicyclic) bond motifs is 1. The molecule has 1 aliphatic heterocycles. The molecule has 7 nitrogen and oxygen atoms in total. The van der Waals surface area contributed by atoms with Crippen LogP contribution in [0.1, 0.15) is 5.56 Å². The number of hydrogen-bond acceptors (Lipinski definition) is 6. The Morgan fingerprint density at radius 1 is 1.12 bits per heavy atom. The number of benzene rings is 2. The Bertz CT molecular complexity index is 1500. The monoisotopic (exact) mass is 472 g/mol. The fourth-order valence-electron chi connectivity index (χ4n) is 4.34. The maximum atomic E-state index is 13.4. The maximum absolute atomic E-state index is 13.4. The van der Waals surface area contributed by atoms with E-state index in [0.717, 1.165) is 5.56 Å². The molecule has 4 aromatic rings. The Hall–Kier alpha value is -3.86. The largest absolute Gasteiger partial charge is 0.506 e. The van der Waals surface area contributed by atoms with Crippen LogP contribution in [0.5, 0.6) is 5.75 Å². The van der Waals surface area contributed by atoms with Crippen molar-refractivity contribution in [2.75, 3.05) is 31.2 Å². The van der Waals surface area contributed by atoms with Crippen molar-refractivity contribution in [3.05, 3.63) is 75.5 Å².